The first-order chi connectivity index (χ1) is 9.38. The fourth-order valence-corrected chi connectivity index (χ4v) is 3.93. The van der Waals surface area contributed by atoms with Crippen LogP contribution in [0.5, 0.6) is 0 Å². The van der Waals surface area contributed by atoms with Gasteiger partial charge in [0.05, 0.1) is 23.5 Å². The van der Waals surface area contributed by atoms with Crippen molar-refractivity contribution in [3.63, 3.8) is 0 Å². The maximum Gasteiger partial charge on any atom is 0.407 e. The van der Waals surface area contributed by atoms with Gasteiger partial charge in [-0.25, -0.2) is 4.79 Å². The van der Waals surface area contributed by atoms with E-state index in [-0.39, 0.29) is 17.0 Å². The van der Waals surface area contributed by atoms with E-state index in [2.05, 4.69) is 30.7 Å². The highest BCUT2D eigenvalue weighted by Crippen LogP contribution is 2.53. The van der Waals surface area contributed by atoms with Gasteiger partial charge in [0.1, 0.15) is 0 Å². The topological polar surface area (TPSA) is 56.7 Å². The number of fused-ring (bicyclic) bond motifs is 1. The summed E-state index contributed by atoms with van der Waals surface area (Å²) in [5.74, 6) is 0. The van der Waals surface area contributed by atoms with Crippen LogP contribution in [0, 0.1) is 5.41 Å². The number of nitrogens with zero attached hydrogens (tertiary/aromatic N) is 3. The Balaban J connectivity index is 1.95. The van der Waals surface area contributed by atoms with Crippen LogP contribution >= 0.6 is 0 Å². The Kier molecular flexibility index (Phi) is 2.71. The second-order valence-electron chi connectivity index (χ2n) is 6.75. The van der Waals surface area contributed by atoms with Crippen molar-refractivity contribution in [2.45, 2.75) is 38.8 Å². The van der Waals surface area contributed by atoms with Crippen molar-refractivity contribution in [3.8, 4) is 0 Å². The number of carboxylic acid groups (broad SMARTS) is 1. The van der Waals surface area contributed by atoms with E-state index in [4.69, 9.17) is 0 Å². The van der Waals surface area contributed by atoms with Crippen molar-refractivity contribution in [1.29, 1.82) is 0 Å². The van der Waals surface area contributed by atoms with Gasteiger partial charge in [-0.05, 0) is 24.0 Å². The summed E-state index contributed by atoms with van der Waals surface area (Å²) in [4.78, 5) is 19.7. The molecule has 0 saturated carbocycles. The molecular formula is C15H21N3O2. The van der Waals surface area contributed by atoms with E-state index < -0.39 is 6.09 Å². The summed E-state index contributed by atoms with van der Waals surface area (Å²) in [7, 11) is 0. The Labute approximate surface area is 119 Å². The molecule has 1 N–H and O–H groups in total. The average molecular weight is 275 g/mol. The molecule has 3 heterocycles. The van der Waals surface area contributed by atoms with E-state index in [0.717, 1.165) is 18.7 Å². The van der Waals surface area contributed by atoms with E-state index in [9.17, 15) is 9.90 Å². The van der Waals surface area contributed by atoms with Crippen LogP contribution in [-0.2, 0) is 0 Å². The minimum Gasteiger partial charge on any atom is -0.465 e. The first kappa shape index (κ1) is 13.2. The third-order valence-corrected chi connectivity index (χ3v) is 4.95. The van der Waals surface area contributed by atoms with Crippen LogP contribution in [0.3, 0.4) is 0 Å². The number of pyridine rings is 1. The molecule has 0 bridgehead atoms. The van der Waals surface area contributed by atoms with Gasteiger partial charge in [0.25, 0.3) is 0 Å². The van der Waals surface area contributed by atoms with Gasteiger partial charge in [-0.3, -0.25) is 9.88 Å². The molecule has 0 aliphatic carbocycles. The van der Waals surface area contributed by atoms with Crippen LogP contribution in [0.15, 0.2) is 24.5 Å². The van der Waals surface area contributed by atoms with Crippen molar-refractivity contribution in [2.75, 3.05) is 18.0 Å². The summed E-state index contributed by atoms with van der Waals surface area (Å²) in [6, 6.07) is 4.22. The lowest BCUT2D eigenvalue weighted by Gasteiger charge is -2.63. The van der Waals surface area contributed by atoms with E-state index in [0.29, 0.717) is 6.54 Å². The second-order valence-corrected chi connectivity index (χ2v) is 6.75. The molecule has 5 nitrogen and oxygen atoms in total. The lowest BCUT2D eigenvalue weighted by Crippen LogP contribution is -2.78. The lowest BCUT2D eigenvalue weighted by molar-refractivity contribution is -0.0102. The predicted molar refractivity (Wildman–Crippen MR) is 76.9 cm³/mol. The van der Waals surface area contributed by atoms with Crippen LogP contribution in [0.4, 0.5) is 10.5 Å². The van der Waals surface area contributed by atoms with Gasteiger partial charge in [-0.1, -0.05) is 20.8 Å². The summed E-state index contributed by atoms with van der Waals surface area (Å²) >= 11 is 0. The van der Waals surface area contributed by atoms with Crippen molar-refractivity contribution in [1.82, 2.24) is 9.88 Å². The molecular weight excluding hydrogens is 254 g/mol. The fraction of sp³-hybridized carbons (Fsp3) is 0.600. The van der Waals surface area contributed by atoms with Crippen molar-refractivity contribution < 1.29 is 9.90 Å². The maximum atomic E-state index is 11.6. The Bertz CT molecular complexity index is 526. The van der Waals surface area contributed by atoms with Crippen molar-refractivity contribution in [2.24, 2.45) is 5.41 Å². The van der Waals surface area contributed by atoms with E-state index in [1.807, 2.05) is 18.3 Å². The monoisotopic (exact) mass is 275 g/mol. The van der Waals surface area contributed by atoms with E-state index in [1.165, 1.54) is 0 Å². The molecule has 2 atom stereocenters. The number of likely N-dealkylation sites (tertiary alicyclic amines) is 1. The highest BCUT2D eigenvalue weighted by atomic mass is 16.4. The van der Waals surface area contributed by atoms with Gasteiger partial charge in [0, 0.05) is 19.3 Å². The Morgan fingerprint density at radius 3 is 2.80 bits per heavy atom. The molecule has 20 heavy (non-hydrogen) atoms. The summed E-state index contributed by atoms with van der Waals surface area (Å²) in [5.41, 5.74) is 0.726. The summed E-state index contributed by atoms with van der Waals surface area (Å²) in [5, 5.41) is 9.52. The van der Waals surface area contributed by atoms with Gasteiger partial charge < -0.3 is 10.0 Å². The number of aromatic nitrogens is 1. The highest BCUT2D eigenvalue weighted by molar-refractivity contribution is 5.70. The molecule has 0 radical (unpaired) electrons. The van der Waals surface area contributed by atoms with Gasteiger partial charge in [0.15, 0.2) is 0 Å². The maximum absolute atomic E-state index is 11.6. The molecule has 2 saturated heterocycles. The minimum atomic E-state index is -0.798. The molecule has 5 heteroatoms. The largest absolute Gasteiger partial charge is 0.465 e. The molecule has 0 unspecified atom stereocenters. The third kappa shape index (κ3) is 1.55. The van der Waals surface area contributed by atoms with Gasteiger partial charge in [0.2, 0.25) is 0 Å². The fourth-order valence-electron chi connectivity index (χ4n) is 3.93. The van der Waals surface area contributed by atoms with Crippen LogP contribution in [0.25, 0.3) is 0 Å². The Morgan fingerprint density at radius 1 is 1.50 bits per heavy atom. The Morgan fingerprint density at radius 2 is 2.25 bits per heavy atom. The van der Waals surface area contributed by atoms with Gasteiger partial charge in [-0.15, -0.1) is 0 Å². The van der Waals surface area contributed by atoms with Crippen LogP contribution in [-0.4, -0.2) is 45.8 Å². The molecule has 2 aliphatic heterocycles. The molecule has 1 aromatic rings. The summed E-state index contributed by atoms with van der Waals surface area (Å²) in [6.45, 7) is 7.79. The zero-order valence-corrected chi connectivity index (χ0v) is 12.2. The number of amides is 1. The molecule has 1 amide bonds. The number of hydrogen-bond acceptors (Lipinski definition) is 3. The van der Waals surface area contributed by atoms with Crippen molar-refractivity contribution >= 4 is 11.8 Å². The number of carbonyl (C=O) groups is 1. The average Bonchev–Trinajstić information content (AvgIpc) is 2.64. The zero-order valence-electron chi connectivity index (χ0n) is 12.2. The van der Waals surface area contributed by atoms with E-state index in [1.54, 1.807) is 11.1 Å². The molecule has 2 fully saturated rings. The molecule has 108 valence electrons. The van der Waals surface area contributed by atoms with Crippen molar-refractivity contribution in [3.05, 3.63) is 24.5 Å². The lowest BCUT2D eigenvalue weighted by atomic mass is 9.63. The Hall–Kier alpha value is -1.78. The second kappa shape index (κ2) is 4.11. The predicted octanol–water partition coefficient (Wildman–Crippen LogP) is 2.44. The number of hydrogen-bond donors (Lipinski definition) is 1. The highest BCUT2D eigenvalue weighted by Gasteiger charge is 2.66. The number of rotatable bonds is 1. The van der Waals surface area contributed by atoms with Gasteiger partial charge >= 0.3 is 6.09 Å². The van der Waals surface area contributed by atoms with Crippen LogP contribution in [0.1, 0.15) is 27.2 Å². The quantitative estimate of drug-likeness (QED) is 0.855. The smallest absolute Gasteiger partial charge is 0.407 e. The molecule has 0 aromatic carbocycles. The van der Waals surface area contributed by atoms with Crippen LogP contribution in [0.2, 0.25) is 0 Å². The summed E-state index contributed by atoms with van der Waals surface area (Å²) < 4.78 is 0. The number of anilines is 1. The first-order valence-corrected chi connectivity index (χ1v) is 7.05. The van der Waals surface area contributed by atoms with E-state index >= 15 is 0 Å². The van der Waals surface area contributed by atoms with Gasteiger partial charge in [-0.2, -0.15) is 0 Å². The van der Waals surface area contributed by atoms with Crippen LogP contribution < -0.4 is 4.90 Å². The normalized spacial score (nSPS) is 29.1. The SMILES string of the molecule is CC(C)(C)[C@@]12CN(c3cccnc3)[C@@H]1CCN2C(=O)O. The third-order valence-electron chi connectivity index (χ3n) is 4.95. The first-order valence-electron chi connectivity index (χ1n) is 7.05. The standard InChI is InChI=1S/C15H21N3O2/c1-14(2,3)15-10-17(11-5-4-7-16-9-11)12(15)6-8-18(15)13(19)20/h4-5,7,9,12H,6,8,10H2,1-3H3,(H,19,20)/t12-,15-/m1/s1. The molecule has 0 spiro atoms. The summed E-state index contributed by atoms with van der Waals surface area (Å²) in [6.07, 6.45) is 3.71. The zero-order chi connectivity index (χ0) is 14.5. The molecule has 2 aliphatic rings. The molecule has 3 rings (SSSR count). The minimum absolute atomic E-state index is 0.0781. The molecule has 1 aromatic heterocycles.